The van der Waals surface area contributed by atoms with E-state index in [2.05, 4.69) is 25.3 Å². The maximum absolute atomic E-state index is 13.1. The van der Waals surface area contributed by atoms with Crippen LogP contribution in [0.5, 0.6) is 0 Å². The smallest absolute Gasteiger partial charge is 0.416 e. The van der Waals surface area contributed by atoms with Crippen LogP contribution < -0.4 is 5.32 Å². The highest BCUT2D eigenvalue weighted by Gasteiger charge is 2.30. The topological polar surface area (TPSA) is 106 Å². The van der Waals surface area contributed by atoms with Crippen molar-refractivity contribution in [1.82, 2.24) is 24.5 Å². The normalized spacial score (nSPS) is 14.9. The number of aryl methyl sites for hydroxylation is 1. The van der Waals surface area contributed by atoms with Crippen LogP contribution >= 0.6 is 0 Å². The molecule has 1 atom stereocenters. The van der Waals surface area contributed by atoms with Gasteiger partial charge in [-0.3, -0.25) is 0 Å². The SMILES string of the molecule is Cc1cccc(-c2nc3nc(C(=O)O)nc(N[C@H](C)C4CCC4)c3n2Cc2ccc(C(F)(F)F)cc2)n1. The predicted molar refractivity (Wildman–Crippen MR) is 131 cm³/mol. The van der Waals surface area contributed by atoms with Gasteiger partial charge in [-0.25, -0.2) is 24.7 Å². The molecular weight excluding hydrogens is 485 g/mol. The lowest BCUT2D eigenvalue weighted by atomic mass is 9.80. The summed E-state index contributed by atoms with van der Waals surface area (Å²) in [5.74, 6) is -0.509. The molecule has 1 fully saturated rings. The Bertz CT molecular complexity index is 1460. The molecule has 2 N–H and O–H groups in total. The van der Waals surface area contributed by atoms with Gasteiger partial charge in [-0.1, -0.05) is 24.6 Å². The van der Waals surface area contributed by atoms with Crippen LogP contribution in [0.2, 0.25) is 0 Å². The minimum absolute atomic E-state index is 0.0310. The summed E-state index contributed by atoms with van der Waals surface area (Å²) >= 11 is 0. The number of aromatic carboxylic acids is 1. The summed E-state index contributed by atoms with van der Waals surface area (Å²) in [5.41, 5.74) is 1.77. The number of carboxylic acid groups (broad SMARTS) is 1. The summed E-state index contributed by atoms with van der Waals surface area (Å²) in [7, 11) is 0. The van der Waals surface area contributed by atoms with Gasteiger partial charge in [0.2, 0.25) is 5.82 Å². The Morgan fingerprint density at radius 1 is 1.11 bits per heavy atom. The number of halogens is 3. The van der Waals surface area contributed by atoms with Crippen LogP contribution in [0.25, 0.3) is 22.7 Å². The predicted octanol–water partition coefficient (Wildman–Crippen LogP) is 5.56. The molecule has 8 nitrogen and oxygen atoms in total. The Morgan fingerprint density at radius 2 is 1.84 bits per heavy atom. The van der Waals surface area contributed by atoms with E-state index >= 15 is 0 Å². The van der Waals surface area contributed by atoms with E-state index in [0.29, 0.717) is 34.3 Å². The number of alkyl halides is 3. The molecule has 0 amide bonds. The molecule has 1 aliphatic rings. The third-order valence-electron chi connectivity index (χ3n) is 6.75. The highest BCUT2D eigenvalue weighted by Crippen LogP contribution is 2.34. The van der Waals surface area contributed by atoms with Crippen molar-refractivity contribution in [3.63, 3.8) is 0 Å². The van der Waals surface area contributed by atoms with E-state index in [0.717, 1.165) is 37.1 Å². The molecule has 0 radical (unpaired) electrons. The number of fused-ring (bicyclic) bond motifs is 1. The van der Waals surface area contributed by atoms with E-state index in [9.17, 15) is 23.1 Å². The summed E-state index contributed by atoms with van der Waals surface area (Å²) in [5, 5.41) is 13.0. The monoisotopic (exact) mass is 510 g/mol. The molecule has 5 rings (SSSR count). The summed E-state index contributed by atoms with van der Waals surface area (Å²) < 4.78 is 41.1. The molecular formula is C26H25F3N6O2. The van der Waals surface area contributed by atoms with Crippen molar-refractivity contribution in [1.29, 1.82) is 0 Å². The lowest BCUT2D eigenvalue weighted by Crippen LogP contribution is -2.31. The Hall–Kier alpha value is -4.02. The fourth-order valence-electron chi connectivity index (χ4n) is 4.50. The number of rotatable bonds is 7. The number of aromatic nitrogens is 5. The van der Waals surface area contributed by atoms with Crippen molar-refractivity contribution in [2.75, 3.05) is 5.32 Å². The maximum atomic E-state index is 13.1. The molecule has 1 aliphatic carbocycles. The van der Waals surface area contributed by atoms with Gasteiger partial charge < -0.3 is 15.0 Å². The van der Waals surface area contributed by atoms with Crippen LogP contribution in [0.1, 0.15) is 53.6 Å². The first-order chi connectivity index (χ1) is 17.6. The summed E-state index contributed by atoms with van der Waals surface area (Å²) in [6.45, 7) is 4.02. The number of hydrogen-bond donors (Lipinski definition) is 2. The minimum atomic E-state index is -4.44. The van der Waals surface area contributed by atoms with Gasteiger partial charge >= 0.3 is 12.1 Å². The number of imidazole rings is 1. The van der Waals surface area contributed by atoms with Gasteiger partial charge in [0.15, 0.2) is 17.3 Å². The van der Waals surface area contributed by atoms with E-state index in [1.54, 1.807) is 10.6 Å². The van der Waals surface area contributed by atoms with E-state index in [4.69, 9.17) is 0 Å². The Balaban J connectivity index is 1.68. The van der Waals surface area contributed by atoms with Crippen molar-refractivity contribution >= 4 is 23.0 Å². The first kappa shape index (κ1) is 24.7. The van der Waals surface area contributed by atoms with Gasteiger partial charge in [-0.15, -0.1) is 0 Å². The van der Waals surface area contributed by atoms with Gasteiger partial charge in [0.25, 0.3) is 0 Å². The zero-order chi connectivity index (χ0) is 26.3. The van der Waals surface area contributed by atoms with E-state index < -0.39 is 23.5 Å². The molecule has 1 saturated carbocycles. The van der Waals surface area contributed by atoms with Crippen LogP contribution in [0.4, 0.5) is 19.0 Å². The molecule has 4 aromatic rings. The number of carbonyl (C=O) groups is 1. The lowest BCUT2D eigenvalue weighted by Gasteiger charge is -2.32. The molecule has 3 heterocycles. The van der Waals surface area contributed by atoms with E-state index in [1.165, 1.54) is 12.1 Å². The Morgan fingerprint density at radius 3 is 2.43 bits per heavy atom. The molecule has 192 valence electrons. The Kier molecular flexibility index (Phi) is 6.30. The number of pyridine rings is 1. The van der Waals surface area contributed by atoms with Crippen LogP contribution in [-0.4, -0.2) is 41.6 Å². The van der Waals surface area contributed by atoms with Crippen molar-refractivity contribution in [3.05, 3.63) is 65.1 Å². The van der Waals surface area contributed by atoms with Gasteiger partial charge in [0.1, 0.15) is 11.2 Å². The fourth-order valence-corrected chi connectivity index (χ4v) is 4.50. The molecule has 0 unspecified atom stereocenters. The minimum Gasteiger partial charge on any atom is -0.475 e. The van der Waals surface area contributed by atoms with Crippen molar-refractivity contribution in [2.24, 2.45) is 5.92 Å². The van der Waals surface area contributed by atoms with Gasteiger partial charge in [-0.2, -0.15) is 13.2 Å². The van der Waals surface area contributed by atoms with E-state index in [-0.39, 0.29) is 18.2 Å². The van der Waals surface area contributed by atoms with Crippen molar-refractivity contribution in [3.8, 4) is 11.5 Å². The number of nitrogens with one attached hydrogen (secondary N) is 1. The second kappa shape index (κ2) is 9.45. The maximum Gasteiger partial charge on any atom is 0.416 e. The summed E-state index contributed by atoms with van der Waals surface area (Å²) in [6.07, 6.45) is -1.16. The van der Waals surface area contributed by atoms with Crippen LogP contribution in [0.15, 0.2) is 42.5 Å². The molecule has 0 aliphatic heterocycles. The molecule has 0 bridgehead atoms. The first-order valence-electron chi connectivity index (χ1n) is 12.0. The molecule has 3 aromatic heterocycles. The Labute approximate surface area is 210 Å². The summed E-state index contributed by atoms with van der Waals surface area (Å²) in [4.78, 5) is 29.5. The highest BCUT2D eigenvalue weighted by atomic mass is 19.4. The second-order valence-electron chi connectivity index (χ2n) is 9.38. The van der Waals surface area contributed by atoms with E-state index in [1.807, 2.05) is 26.0 Å². The largest absolute Gasteiger partial charge is 0.475 e. The van der Waals surface area contributed by atoms with Gasteiger partial charge in [0.05, 0.1) is 5.56 Å². The molecule has 1 aromatic carbocycles. The van der Waals surface area contributed by atoms with Gasteiger partial charge in [0, 0.05) is 18.3 Å². The molecule has 0 saturated heterocycles. The average Bonchev–Trinajstić information content (AvgIpc) is 3.16. The molecule has 37 heavy (non-hydrogen) atoms. The highest BCUT2D eigenvalue weighted by molar-refractivity contribution is 5.92. The van der Waals surface area contributed by atoms with Crippen molar-refractivity contribution < 1.29 is 23.1 Å². The quantitative estimate of drug-likeness (QED) is 0.335. The standard InChI is InChI=1S/C26H25F3N6O2/c1-14-5-3-8-19(30-14)24-34-22-20(35(24)13-16-9-11-18(12-10-16)26(27,28)29)21(32-23(33-22)25(36)37)31-15(2)17-6-4-7-17/h3,5,8-12,15,17H,4,6-7,13H2,1-2H3,(H,36,37)(H,31,32,33)/t15-/m1/s1. The zero-order valence-electron chi connectivity index (χ0n) is 20.3. The average molecular weight is 511 g/mol. The number of benzene rings is 1. The second-order valence-corrected chi connectivity index (χ2v) is 9.38. The summed E-state index contributed by atoms with van der Waals surface area (Å²) in [6, 6.07) is 10.4. The number of hydrogen-bond acceptors (Lipinski definition) is 6. The van der Waals surface area contributed by atoms with Crippen LogP contribution in [0.3, 0.4) is 0 Å². The van der Waals surface area contributed by atoms with Crippen LogP contribution in [0, 0.1) is 12.8 Å². The molecule has 11 heteroatoms. The van der Waals surface area contributed by atoms with Crippen molar-refractivity contribution in [2.45, 2.75) is 51.9 Å². The third kappa shape index (κ3) is 4.98. The van der Waals surface area contributed by atoms with Gasteiger partial charge in [-0.05, 0) is 62.4 Å². The lowest BCUT2D eigenvalue weighted by molar-refractivity contribution is -0.137. The third-order valence-corrected chi connectivity index (χ3v) is 6.75. The zero-order valence-corrected chi connectivity index (χ0v) is 20.3. The number of nitrogens with zero attached hydrogens (tertiary/aromatic N) is 5. The molecule has 0 spiro atoms. The first-order valence-corrected chi connectivity index (χ1v) is 12.0. The number of carboxylic acids is 1. The van der Waals surface area contributed by atoms with Crippen LogP contribution in [-0.2, 0) is 12.7 Å². The fraction of sp³-hybridized carbons (Fsp3) is 0.346. The number of anilines is 1.